The first-order valence-electron chi connectivity index (χ1n) is 4.62. The van der Waals surface area contributed by atoms with Gasteiger partial charge in [0.1, 0.15) is 11.8 Å². The SMILES string of the molecule is N#Cc1ccc(NCCCS(N)(=O)=O)cn1. The van der Waals surface area contributed by atoms with Gasteiger partial charge >= 0.3 is 0 Å². The van der Waals surface area contributed by atoms with E-state index < -0.39 is 10.0 Å². The maximum Gasteiger partial charge on any atom is 0.209 e. The molecule has 1 heterocycles. The molecular weight excluding hydrogens is 228 g/mol. The summed E-state index contributed by atoms with van der Waals surface area (Å²) in [7, 11) is -3.39. The summed E-state index contributed by atoms with van der Waals surface area (Å²) in [5, 5.41) is 16.3. The highest BCUT2D eigenvalue weighted by Gasteiger charge is 2.01. The standard InChI is InChI=1S/C9H12N4O2S/c10-6-8-2-3-9(7-13-8)12-4-1-5-16(11,14)15/h2-3,7,12H,1,4-5H2,(H2,11,14,15). The molecular formula is C9H12N4O2S. The minimum Gasteiger partial charge on any atom is -0.384 e. The highest BCUT2D eigenvalue weighted by Crippen LogP contribution is 2.05. The van der Waals surface area contributed by atoms with Crippen molar-refractivity contribution >= 4 is 15.7 Å². The van der Waals surface area contributed by atoms with Gasteiger partial charge in [-0.1, -0.05) is 0 Å². The molecule has 0 spiro atoms. The van der Waals surface area contributed by atoms with Crippen LogP contribution in [-0.2, 0) is 10.0 Å². The van der Waals surface area contributed by atoms with Crippen LogP contribution < -0.4 is 10.5 Å². The van der Waals surface area contributed by atoms with E-state index in [1.54, 1.807) is 12.1 Å². The second-order valence-corrected chi connectivity index (χ2v) is 4.93. The average Bonchev–Trinajstić information content (AvgIpc) is 2.24. The molecule has 0 saturated heterocycles. The number of aromatic nitrogens is 1. The monoisotopic (exact) mass is 240 g/mol. The number of nitriles is 1. The van der Waals surface area contributed by atoms with Gasteiger partial charge in [0.05, 0.1) is 17.6 Å². The number of hydrogen-bond donors (Lipinski definition) is 2. The summed E-state index contributed by atoms with van der Waals surface area (Å²) in [5.41, 5.74) is 1.09. The first kappa shape index (κ1) is 12.4. The zero-order chi connectivity index (χ0) is 12.0. The fraction of sp³-hybridized carbons (Fsp3) is 0.333. The second kappa shape index (κ2) is 5.44. The van der Waals surface area contributed by atoms with Crippen molar-refractivity contribution < 1.29 is 8.42 Å². The predicted molar refractivity (Wildman–Crippen MR) is 60.0 cm³/mol. The van der Waals surface area contributed by atoms with Gasteiger partial charge < -0.3 is 5.32 Å². The summed E-state index contributed by atoms with van der Waals surface area (Å²) in [4.78, 5) is 3.86. The number of hydrogen-bond acceptors (Lipinski definition) is 5. The predicted octanol–water partition coefficient (Wildman–Crippen LogP) is 0.0438. The fourth-order valence-electron chi connectivity index (χ4n) is 1.07. The van der Waals surface area contributed by atoms with Crippen molar-refractivity contribution in [3.8, 4) is 6.07 Å². The topological polar surface area (TPSA) is 109 Å². The molecule has 0 fully saturated rings. The van der Waals surface area contributed by atoms with Gasteiger partial charge in [-0.2, -0.15) is 5.26 Å². The van der Waals surface area contributed by atoms with Crippen molar-refractivity contribution in [3.63, 3.8) is 0 Å². The Labute approximate surface area is 94.2 Å². The molecule has 0 atom stereocenters. The molecule has 86 valence electrons. The van der Waals surface area contributed by atoms with Gasteiger partial charge in [-0.05, 0) is 18.6 Å². The molecule has 0 aromatic carbocycles. The smallest absolute Gasteiger partial charge is 0.209 e. The van der Waals surface area contributed by atoms with Gasteiger partial charge in [-0.3, -0.25) is 0 Å². The number of nitrogens with one attached hydrogen (secondary N) is 1. The van der Waals surface area contributed by atoms with E-state index in [-0.39, 0.29) is 5.75 Å². The van der Waals surface area contributed by atoms with Crippen molar-refractivity contribution in [3.05, 3.63) is 24.0 Å². The summed E-state index contributed by atoms with van der Waals surface area (Å²) in [5.74, 6) is -0.0519. The van der Waals surface area contributed by atoms with Gasteiger partial charge in [0.25, 0.3) is 0 Å². The minimum absolute atomic E-state index is 0.0519. The molecule has 3 N–H and O–H groups in total. The molecule has 0 saturated carbocycles. The highest BCUT2D eigenvalue weighted by atomic mass is 32.2. The Hall–Kier alpha value is -1.65. The molecule has 7 heteroatoms. The van der Waals surface area contributed by atoms with Gasteiger partial charge in [0.15, 0.2) is 0 Å². The van der Waals surface area contributed by atoms with E-state index in [4.69, 9.17) is 10.4 Å². The zero-order valence-corrected chi connectivity index (χ0v) is 9.37. The first-order valence-corrected chi connectivity index (χ1v) is 6.33. The lowest BCUT2D eigenvalue weighted by Crippen LogP contribution is -2.18. The number of rotatable bonds is 5. The van der Waals surface area contributed by atoms with Gasteiger partial charge in [-0.25, -0.2) is 18.5 Å². The third kappa shape index (κ3) is 4.72. The maximum atomic E-state index is 10.6. The molecule has 16 heavy (non-hydrogen) atoms. The van der Waals surface area contributed by atoms with Gasteiger partial charge in [-0.15, -0.1) is 0 Å². The number of anilines is 1. The molecule has 0 radical (unpaired) electrons. The molecule has 0 aliphatic heterocycles. The average molecular weight is 240 g/mol. The first-order chi connectivity index (χ1) is 7.51. The molecule has 0 aliphatic carbocycles. The summed E-state index contributed by atoms with van der Waals surface area (Å²) in [6, 6.07) is 5.20. The third-order valence-corrected chi connectivity index (χ3v) is 2.67. The van der Waals surface area contributed by atoms with E-state index in [1.165, 1.54) is 6.20 Å². The van der Waals surface area contributed by atoms with Crippen LogP contribution in [0.3, 0.4) is 0 Å². The number of primary sulfonamides is 1. The third-order valence-electron chi connectivity index (χ3n) is 1.81. The van der Waals surface area contributed by atoms with Crippen molar-refractivity contribution in [2.24, 2.45) is 5.14 Å². The van der Waals surface area contributed by atoms with E-state index in [0.717, 1.165) is 5.69 Å². The van der Waals surface area contributed by atoms with E-state index in [9.17, 15) is 8.42 Å². The van der Waals surface area contributed by atoms with Crippen LogP contribution in [0.1, 0.15) is 12.1 Å². The van der Waals surface area contributed by atoms with E-state index in [0.29, 0.717) is 18.7 Å². The number of nitrogens with zero attached hydrogens (tertiary/aromatic N) is 2. The molecule has 6 nitrogen and oxygen atoms in total. The second-order valence-electron chi connectivity index (χ2n) is 3.19. The van der Waals surface area contributed by atoms with Crippen molar-refractivity contribution in [2.45, 2.75) is 6.42 Å². The lowest BCUT2D eigenvalue weighted by Gasteiger charge is -2.04. The number of pyridine rings is 1. The summed E-state index contributed by atoms with van der Waals surface area (Å²) in [6.45, 7) is 0.490. The van der Waals surface area contributed by atoms with Crippen LogP contribution in [0.15, 0.2) is 18.3 Å². The van der Waals surface area contributed by atoms with Gasteiger partial charge in [0.2, 0.25) is 10.0 Å². The van der Waals surface area contributed by atoms with Crippen LogP contribution in [-0.4, -0.2) is 25.7 Å². The number of sulfonamides is 1. The Morgan fingerprint density at radius 2 is 2.25 bits per heavy atom. The Kier molecular flexibility index (Phi) is 4.22. The van der Waals surface area contributed by atoms with Crippen LogP contribution in [0.25, 0.3) is 0 Å². The summed E-state index contributed by atoms with van der Waals surface area (Å²) >= 11 is 0. The normalized spacial score (nSPS) is 10.8. The van der Waals surface area contributed by atoms with Crippen molar-refractivity contribution in [1.82, 2.24) is 4.98 Å². The molecule has 0 aliphatic rings. The lowest BCUT2D eigenvalue weighted by atomic mass is 10.3. The number of nitrogens with two attached hydrogens (primary N) is 1. The summed E-state index contributed by atoms with van der Waals surface area (Å²) < 4.78 is 21.3. The van der Waals surface area contributed by atoms with Crippen LogP contribution in [0.4, 0.5) is 5.69 Å². The van der Waals surface area contributed by atoms with E-state index in [1.807, 2.05) is 6.07 Å². The molecule has 1 rings (SSSR count). The van der Waals surface area contributed by atoms with Gasteiger partial charge in [0, 0.05) is 6.54 Å². The lowest BCUT2D eigenvalue weighted by molar-refractivity contribution is 0.596. The van der Waals surface area contributed by atoms with Crippen LogP contribution >= 0.6 is 0 Å². The largest absolute Gasteiger partial charge is 0.384 e. The Bertz CT molecular complexity index is 475. The quantitative estimate of drug-likeness (QED) is 0.706. The van der Waals surface area contributed by atoms with Crippen LogP contribution in [0, 0.1) is 11.3 Å². The van der Waals surface area contributed by atoms with Crippen LogP contribution in [0.5, 0.6) is 0 Å². The van der Waals surface area contributed by atoms with Crippen molar-refractivity contribution in [1.29, 1.82) is 5.26 Å². The molecule has 1 aromatic rings. The van der Waals surface area contributed by atoms with Crippen LogP contribution in [0.2, 0.25) is 0 Å². The summed E-state index contributed by atoms with van der Waals surface area (Å²) in [6.07, 6.45) is 1.95. The molecule has 0 amide bonds. The van der Waals surface area contributed by atoms with Crippen molar-refractivity contribution in [2.75, 3.05) is 17.6 Å². The Balaban J connectivity index is 2.36. The zero-order valence-electron chi connectivity index (χ0n) is 8.55. The molecule has 1 aromatic heterocycles. The van der Waals surface area contributed by atoms with E-state index >= 15 is 0 Å². The molecule has 0 unspecified atom stereocenters. The minimum atomic E-state index is -3.39. The Morgan fingerprint density at radius 1 is 1.50 bits per heavy atom. The molecule has 0 bridgehead atoms. The van der Waals surface area contributed by atoms with E-state index in [2.05, 4.69) is 10.3 Å². The fourth-order valence-corrected chi connectivity index (χ4v) is 1.62. The Morgan fingerprint density at radius 3 is 2.75 bits per heavy atom. The maximum absolute atomic E-state index is 10.6. The highest BCUT2D eigenvalue weighted by molar-refractivity contribution is 7.89.